The van der Waals surface area contributed by atoms with E-state index in [1.807, 2.05) is 41.5 Å². The van der Waals surface area contributed by atoms with E-state index in [0.29, 0.717) is 13.1 Å². The van der Waals surface area contributed by atoms with Crippen molar-refractivity contribution in [2.75, 3.05) is 13.1 Å². The summed E-state index contributed by atoms with van der Waals surface area (Å²) < 4.78 is 5.33. The summed E-state index contributed by atoms with van der Waals surface area (Å²) in [4.78, 5) is 25.5. The van der Waals surface area contributed by atoms with Crippen LogP contribution in [0.4, 0.5) is 4.79 Å². The Morgan fingerprint density at radius 2 is 1.94 bits per heavy atom. The maximum atomic E-state index is 11.9. The molecule has 1 aliphatic rings. The average Bonchev–Trinajstić information content (AvgIpc) is 2.10. The minimum atomic E-state index is -0.494. The summed E-state index contributed by atoms with van der Waals surface area (Å²) >= 11 is 0. The van der Waals surface area contributed by atoms with E-state index < -0.39 is 11.0 Å². The Labute approximate surface area is 103 Å². The van der Waals surface area contributed by atoms with Gasteiger partial charge < -0.3 is 9.64 Å². The van der Waals surface area contributed by atoms with Gasteiger partial charge in [0.25, 0.3) is 0 Å². The number of Topliss-reactive ketones (excluding diaryl/α,β-unsaturated/α-hetero) is 1. The number of ketones is 1. The minimum Gasteiger partial charge on any atom is -0.444 e. The molecule has 4 heteroatoms. The molecule has 0 N–H and O–H groups in total. The third-order valence-corrected chi connectivity index (χ3v) is 2.85. The molecule has 1 fully saturated rings. The normalized spacial score (nSPS) is 24.7. The van der Waals surface area contributed by atoms with Crippen LogP contribution in [0.1, 0.15) is 41.5 Å². The van der Waals surface area contributed by atoms with E-state index in [-0.39, 0.29) is 17.8 Å². The van der Waals surface area contributed by atoms with Gasteiger partial charge in [-0.3, -0.25) is 4.79 Å². The number of ether oxygens (including phenoxy) is 1. The van der Waals surface area contributed by atoms with Crippen LogP contribution >= 0.6 is 0 Å². The van der Waals surface area contributed by atoms with Gasteiger partial charge in [0, 0.05) is 24.4 Å². The zero-order valence-corrected chi connectivity index (χ0v) is 11.7. The Bertz CT molecular complexity index is 328. The van der Waals surface area contributed by atoms with Crippen molar-refractivity contribution < 1.29 is 14.3 Å². The number of likely N-dealkylation sites (tertiary alicyclic amines) is 1. The molecule has 98 valence electrons. The second kappa shape index (κ2) is 4.31. The van der Waals surface area contributed by atoms with Gasteiger partial charge in [-0.15, -0.1) is 0 Å². The molecule has 0 bridgehead atoms. The lowest BCUT2D eigenvalue weighted by Gasteiger charge is -2.40. The fourth-order valence-electron chi connectivity index (χ4n) is 2.17. The topological polar surface area (TPSA) is 46.6 Å². The maximum absolute atomic E-state index is 11.9. The molecule has 1 atom stereocenters. The molecule has 1 unspecified atom stereocenters. The Balaban J connectivity index is 2.74. The number of hydrogen-bond donors (Lipinski definition) is 0. The molecule has 0 spiro atoms. The zero-order valence-electron chi connectivity index (χ0n) is 11.7. The Morgan fingerprint density at radius 3 is 2.35 bits per heavy atom. The van der Waals surface area contributed by atoms with E-state index in [9.17, 15) is 9.59 Å². The lowest BCUT2D eigenvalue weighted by atomic mass is 9.78. The number of hydrogen-bond acceptors (Lipinski definition) is 3. The van der Waals surface area contributed by atoms with Gasteiger partial charge in [-0.05, 0) is 20.8 Å². The highest BCUT2D eigenvalue weighted by Crippen LogP contribution is 2.29. The molecule has 17 heavy (non-hydrogen) atoms. The summed E-state index contributed by atoms with van der Waals surface area (Å²) in [7, 11) is 0. The number of piperidine rings is 1. The quantitative estimate of drug-likeness (QED) is 0.654. The summed E-state index contributed by atoms with van der Waals surface area (Å²) in [6.07, 6.45) is -0.329. The van der Waals surface area contributed by atoms with Crippen molar-refractivity contribution >= 4 is 11.9 Å². The third-order valence-electron chi connectivity index (χ3n) is 2.85. The Hall–Kier alpha value is -1.06. The SMILES string of the molecule is CC1CN(C(=O)OC(C)(C)C)CC(C)(C)C1=O. The molecule has 0 aromatic rings. The number of amides is 1. The summed E-state index contributed by atoms with van der Waals surface area (Å²) in [5.41, 5.74) is -0.972. The number of carbonyl (C=O) groups excluding carboxylic acids is 2. The summed E-state index contributed by atoms with van der Waals surface area (Å²) in [6, 6.07) is 0. The molecule has 0 radical (unpaired) electrons. The van der Waals surface area contributed by atoms with Gasteiger partial charge in [0.2, 0.25) is 0 Å². The Morgan fingerprint density at radius 1 is 1.41 bits per heavy atom. The molecule has 0 aromatic carbocycles. The highest BCUT2D eigenvalue weighted by atomic mass is 16.6. The van der Waals surface area contributed by atoms with Crippen LogP contribution in [0.25, 0.3) is 0 Å². The lowest BCUT2D eigenvalue weighted by molar-refractivity contribution is -0.136. The van der Waals surface area contributed by atoms with Gasteiger partial charge in [-0.25, -0.2) is 4.79 Å². The van der Waals surface area contributed by atoms with E-state index in [4.69, 9.17) is 4.74 Å². The molecule has 0 aliphatic carbocycles. The van der Waals surface area contributed by atoms with Crippen molar-refractivity contribution in [1.29, 1.82) is 0 Å². The van der Waals surface area contributed by atoms with E-state index in [1.54, 1.807) is 4.90 Å². The fourth-order valence-corrected chi connectivity index (χ4v) is 2.17. The largest absolute Gasteiger partial charge is 0.444 e. The van der Waals surface area contributed by atoms with Crippen LogP contribution < -0.4 is 0 Å². The van der Waals surface area contributed by atoms with Crippen molar-refractivity contribution in [1.82, 2.24) is 4.90 Å². The van der Waals surface area contributed by atoms with Crippen molar-refractivity contribution in [2.45, 2.75) is 47.1 Å². The summed E-state index contributed by atoms with van der Waals surface area (Å²) in [5, 5.41) is 0. The van der Waals surface area contributed by atoms with Crippen LogP contribution in [0.3, 0.4) is 0 Å². The van der Waals surface area contributed by atoms with E-state index >= 15 is 0 Å². The highest BCUT2D eigenvalue weighted by molar-refractivity contribution is 5.88. The molecule has 1 saturated heterocycles. The Kier molecular flexibility index (Phi) is 3.55. The predicted molar refractivity (Wildman–Crippen MR) is 65.8 cm³/mol. The molecule has 1 amide bonds. The van der Waals surface area contributed by atoms with Gasteiger partial charge in [0.05, 0.1) is 0 Å². The van der Waals surface area contributed by atoms with Crippen LogP contribution in [-0.4, -0.2) is 35.5 Å². The summed E-state index contributed by atoms with van der Waals surface area (Å²) in [6.45, 7) is 12.0. The van der Waals surface area contributed by atoms with Crippen molar-refractivity contribution in [3.8, 4) is 0 Å². The first kappa shape index (κ1) is 14.0. The van der Waals surface area contributed by atoms with E-state index in [1.165, 1.54) is 0 Å². The molecular formula is C13H23NO3. The predicted octanol–water partition coefficient (Wildman–Crippen LogP) is 2.47. The number of nitrogens with zero attached hydrogens (tertiary/aromatic N) is 1. The van der Waals surface area contributed by atoms with Gasteiger partial charge in [-0.1, -0.05) is 20.8 Å². The van der Waals surface area contributed by atoms with E-state index in [0.717, 1.165) is 0 Å². The third kappa shape index (κ3) is 3.45. The van der Waals surface area contributed by atoms with Crippen LogP contribution in [0, 0.1) is 11.3 Å². The van der Waals surface area contributed by atoms with Gasteiger partial charge >= 0.3 is 6.09 Å². The first-order chi connectivity index (χ1) is 7.53. The van der Waals surface area contributed by atoms with Crippen molar-refractivity contribution in [3.63, 3.8) is 0 Å². The second-order valence-electron chi connectivity index (χ2n) is 6.51. The fraction of sp³-hybridized carbons (Fsp3) is 0.846. The molecule has 0 aromatic heterocycles. The smallest absolute Gasteiger partial charge is 0.410 e. The molecule has 1 heterocycles. The maximum Gasteiger partial charge on any atom is 0.410 e. The first-order valence-corrected chi connectivity index (χ1v) is 6.05. The summed E-state index contributed by atoms with van der Waals surface area (Å²) in [5.74, 6) is 0.101. The molecular weight excluding hydrogens is 218 g/mol. The van der Waals surface area contributed by atoms with Gasteiger partial charge in [0.15, 0.2) is 0 Å². The molecule has 4 nitrogen and oxygen atoms in total. The molecule has 1 aliphatic heterocycles. The second-order valence-corrected chi connectivity index (χ2v) is 6.51. The monoisotopic (exact) mass is 241 g/mol. The highest BCUT2D eigenvalue weighted by Gasteiger charge is 2.41. The van der Waals surface area contributed by atoms with Gasteiger partial charge in [0.1, 0.15) is 11.4 Å². The molecule has 0 saturated carbocycles. The minimum absolute atomic E-state index is 0.119. The van der Waals surface area contributed by atoms with Crippen LogP contribution in [0.15, 0.2) is 0 Å². The van der Waals surface area contributed by atoms with Crippen LogP contribution in [0.2, 0.25) is 0 Å². The zero-order chi connectivity index (χ0) is 13.4. The van der Waals surface area contributed by atoms with E-state index in [2.05, 4.69) is 0 Å². The lowest BCUT2D eigenvalue weighted by Crippen LogP contribution is -2.53. The van der Waals surface area contributed by atoms with Crippen LogP contribution in [-0.2, 0) is 9.53 Å². The standard InChI is InChI=1S/C13H23NO3/c1-9-7-14(8-13(5,6)10(9)15)11(16)17-12(2,3)4/h9H,7-8H2,1-6H3. The van der Waals surface area contributed by atoms with Crippen LogP contribution in [0.5, 0.6) is 0 Å². The number of rotatable bonds is 0. The molecule has 1 rings (SSSR count). The number of carbonyl (C=O) groups is 2. The van der Waals surface area contributed by atoms with Crippen molar-refractivity contribution in [2.24, 2.45) is 11.3 Å². The van der Waals surface area contributed by atoms with Gasteiger partial charge in [-0.2, -0.15) is 0 Å². The van der Waals surface area contributed by atoms with Crippen molar-refractivity contribution in [3.05, 3.63) is 0 Å². The first-order valence-electron chi connectivity index (χ1n) is 6.05. The average molecular weight is 241 g/mol.